The largest absolute Gasteiger partial charge is 0.378 e. The minimum absolute atomic E-state index is 0.155. The molecule has 0 aliphatic carbocycles. The van der Waals surface area contributed by atoms with E-state index < -0.39 is 0 Å². The van der Waals surface area contributed by atoms with Gasteiger partial charge in [0.2, 0.25) is 0 Å². The molecule has 3 rings (SSSR count). The molecule has 2 N–H and O–H groups in total. The molecule has 0 fully saturated rings. The summed E-state index contributed by atoms with van der Waals surface area (Å²) in [4.78, 5) is 19.2. The van der Waals surface area contributed by atoms with E-state index in [4.69, 9.17) is 0 Å². The van der Waals surface area contributed by atoms with Crippen LogP contribution in [0.25, 0.3) is 0 Å². The molecule has 0 saturated carbocycles. The number of nitrogens with one attached hydrogen (secondary N) is 2. The van der Waals surface area contributed by atoms with Crippen LogP contribution in [0.15, 0.2) is 60.8 Å². The van der Waals surface area contributed by atoms with Gasteiger partial charge in [0.05, 0.1) is 5.56 Å². The highest BCUT2D eigenvalue weighted by Crippen LogP contribution is 2.23. The summed E-state index contributed by atoms with van der Waals surface area (Å²) in [6.45, 7) is 4.58. The number of aryl methyl sites for hydroxylation is 1. The average molecular weight is 374 g/mol. The number of rotatable bonds is 6. The van der Waals surface area contributed by atoms with Crippen LogP contribution < -0.4 is 15.5 Å². The molecule has 5 heteroatoms. The van der Waals surface area contributed by atoms with Gasteiger partial charge in [0.25, 0.3) is 5.91 Å². The van der Waals surface area contributed by atoms with E-state index in [0.717, 1.165) is 22.5 Å². The smallest absolute Gasteiger partial charge is 0.255 e. The molecule has 0 aliphatic rings. The Labute approximate surface area is 166 Å². The lowest BCUT2D eigenvalue weighted by atomic mass is 10.1. The maximum absolute atomic E-state index is 12.8. The molecule has 0 saturated heterocycles. The molecule has 0 unspecified atom stereocenters. The van der Waals surface area contributed by atoms with Crippen molar-refractivity contribution in [2.24, 2.45) is 0 Å². The van der Waals surface area contributed by atoms with Crippen molar-refractivity contribution in [3.8, 4) is 0 Å². The van der Waals surface area contributed by atoms with Crippen LogP contribution in [0.5, 0.6) is 0 Å². The van der Waals surface area contributed by atoms with Crippen molar-refractivity contribution in [3.63, 3.8) is 0 Å². The molecule has 0 spiro atoms. The van der Waals surface area contributed by atoms with Crippen LogP contribution in [0.1, 0.15) is 27.0 Å². The molecule has 5 nitrogen and oxygen atoms in total. The Morgan fingerprint density at radius 1 is 1.00 bits per heavy atom. The number of pyridine rings is 1. The molecular formula is C23H26N4O. The second-order valence-electron chi connectivity index (χ2n) is 7.02. The first-order valence-corrected chi connectivity index (χ1v) is 9.28. The summed E-state index contributed by atoms with van der Waals surface area (Å²) >= 11 is 0. The lowest BCUT2D eigenvalue weighted by Crippen LogP contribution is -2.24. The average Bonchev–Trinajstić information content (AvgIpc) is 2.70. The minimum atomic E-state index is -0.155. The first-order valence-electron chi connectivity index (χ1n) is 9.28. The van der Waals surface area contributed by atoms with E-state index in [9.17, 15) is 4.79 Å². The minimum Gasteiger partial charge on any atom is -0.378 e. The maximum Gasteiger partial charge on any atom is 0.255 e. The first kappa shape index (κ1) is 19.4. The Bertz CT molecular complexity index is 965. The Morgan fingerprint density at radius 2 is 1.75 bits per heavy atom. The molecule has 1 heterocycles. The molecule has 144 valence electrons. The summed E-state index contributed by atoms with van der Waals surface area (Å²) < 4.78 is 0. The fourth-order valence-corrected chi connectivity index (χ4v) is 2.89. The van der Waals surface area contributed by atoms with E-state index in [1.165, 1.54) is 5.56 Å². The second kappa shape index (κ2) is 8.57. The van der Waals surface area contributed by atoms with E-state index in [-0.39, 0.29) is 5.91 Å². The first-order chi connectivity index (χ1) is 13.5. The SMILES string of the molecule is Cc1cccc(Nc2ncccc2C(=O)NCc2ccc(N(C)C)cc2)c1C. The highest BCUT2D eigenvalue weighted by Gasteiger charge is 2.13. The van der Waals surface area contributed by atoms with Gasteiger partial charge in [-0.3, -0.25) is 4.79 Å². The van der Waals surface area contributed by atoms with Gasteiger partial charge in [-0.25, -0.2) is 4.98 Å². The van der Waals surface area contributed by atoms with Crippen LogP contribution in [0.3, 0.4) is 0 Å². The Balaban J connectivity index is 1.73. The maximum atomic E-state index is 12.8. The summed E-state index contributed by atoms with van der Waals surface area (Å²) in [5.74, 6) is 0.397. The van der Waals surface area contributed by atoms with Crippen molar-refractivity contribution in [2.45, 2.75) is 20.4 Å². The number of anilines is 3. The number of aromatic nitrogens is 1. The lowest BCUT2D eigenvalue weighted by molar-refractivity contribution is 0.0951. The van der Waals surface area contributed by atoms with Crippen LogP contribution in [-0.2, 0) is 6.54 Å². The number of hydrogen-bond donors (Lipinski definition) is 2. The number of hydrogen-bond acceptors (Lipinski definition) is 4. The number of carbonyl (C=O) groups excluding carboxylic acids is 1. The predicted octanol–water partition coefficient (Wildman–Crippen LogP) is 4.44. The zero-order valence-corrected chi connectivity index (χ0v) is 16.8. The van der Waals surface area contributed by atoms with Gasteiger partial charge >= 0.3 is 0 Å². The van der Waals surface area contributed by atoms with Gasteiger partial charge in [0.1, 0.15) is 5.82 Å². The quantitative estimate of drug-likeness (QED) is 0.670. The monoisotopic (exact) mass is 374 g/mol. The number of nitrogens with zero attached hydrogens (tertiary/aromatic N) is 2. The summed E-state index contributed by atoms with van der Waals surface area (Å²) in [5, 5.41) is 6.29. The van der Waals surface area contributed by atoms with Crippen LogP contribution >= 0.6 is 0 Å². The summed E-state index contributed by atoms with van der Waals surface area (Å²) in [6, 6.07) is 17.7. The van der Waals surface area contributed by atoms with Gasteiger partial charge in [-0.2, -0.15) is 0 Å². The van der Waals surface area contributed by atoms with Gasteiger partial charge in [0, 0.05) is 38.2 Å². The summed E-state index contributed by atoms with van der Waals surface area (Å²) in [6.07, 6.45) is 1.68. The molecule has 0 bridgehead atoms. The normalized spacial score (nSPS) is 10.4. The topological polar surface area (TPSA) is 57.3 Å². The zero-order valence-electron chi connectivity index (χ0n) is 16.8. The summed E-state index contributed by atoms with van der Waals surface area (Å²) in [7, 11) is 4.01. The Hall–Kier alpha value is -3.34. The van der Waals surface area contributed by atoms with Gasteiger partial charge in [-0.05, 0) is 60.9 Å². The fourth-order valence-electron chi connectivity index (χ4n) is 2.89. The van der Waals surface area contributed by atoms with Gasteiger partial charge in [0.15, 0.2) is 0 Å². The Kier molecular flexibility index (Phi) is 5.94. The molecule has 2 aromatic carbocycles. The summed E-state index contributed by atoms with van der Waals surface area (Å²) in [5.41, 5.74) is 5.98. The molecular weight excluding hydrogens is 348 g/mol. The predicted molar refractivity (Wildman–Crippen MR) is 115 cm³/mol. The van der Waals surface area contributed by atoms with E-state index in [0.29, 0.717) is 17.9 Å². The highest BCUT2D eigenvalue weighted by atomic mass is 16.1. The van der Waals surface area contributed by atoms with Crippen molar-refractivity contribution in [1.82, 2.24) is 10.3 Å². The third kappa shape index (κ3) is 4.49. The van der Waals surface area contributed by atoms with E-state index in [2.05, 4.69) is 35.5 Å². The van der Waals surface area contributed by atoms with Crippen LogP contribution in [0.4, 0.5) is 17.2 Å². The van der Waals surface area contributed by atoms with Crippen molar-refractivity contribution in [1.29, 1.82) is 0 Å². The van der Waals surface area contributed by atoms with E-state index in [1.807, 2.05) is 55.4 Å². The van der Waals surface area contributed by atoms with Crippen molar-refractivity contribution in [3.05, 3.63) is 83.0 Å². The Morgan fingerprint density at radius 3 is 2.46 bits per heavy atom. The molecule has 1 amide bonds. The third-order valence-electron chi connectivity index (χ3n) is 4.82. The highest BCUT2D eigenvalue weighted by molar-refractivity contribution is 5.99. The van der Waals surface area contributed by atoms with Crippen LogP contribution in [0.2, 0.25) is 0 Å². The van der Waals surface area contributed by atoms with Gasteiger partial charge < -0.3 is 15.5 Å². The van der Waals surface area contributed by atoms with Crippen molar-refractivity contribution < 1.29 is 4.79 Å². The van der Waals surface area contributed by atoms with Crippen molar-refractivity contribution >= 4 is 23.1 Å². The number of carbonyl (C=O) groups is 1. The molecule has 0 radical (unpaired) electrons. The lowest BCUT2D eigenvalue weighted by Gasteiger charge is -2.15. The van der Waals surface area contributed by atoms with Crippen LogP contribution in [0, 0.1) is 13.8 Å². The van der Waals surface area contributed by atoms with E-state index >= 15 is 0 Å². The standard InChI is InChI=1S/C23H26N4O/c1-16-7-5-9-21(17(16)2)26-22-20(8-6-14-24-22)23(28)25-15-18-10-12-19(13-11-18)27(3)4/h5-14H,15H2,1-4H3,(H,24,26)(H,25,28). The fraction of sp³-hybridized carbons (Fsp3) is 0.217. The molecule has 0 aliphatic heterocycles. The van der Waals surface area contributed by atoms with Crippen molar-refractivity contribution in [2.75, 3.05) is 24.3 Å². The van der Waals surface area contributed by atoms with Gasteiger partial charge in [-0.15, -0.1) is 0 Å². The molecule has 0 atom stereocenters. The molecule has 3 aromatic rings. The molecule has 1 aromatic heterocycles. The molecule has 28 heavy (non-hydrogen) atoms. The van der Waals surface area contributed by atoms with E-state index in [1.54, 1.807) is 18.3 Å². The zero-order chi connectivity index (χ0) is 20.1. The third-order valence-corrected chi connectivity index (χ3v) is 4.82. The second-order valence-corrected chi connectivity index (χ2v) is 7.02. The van der Waals surface area contributed by atoms with Crippen LogP contribution in [-0.4, -0.2) is 25.0 Å². The van der Waals surface area contributed by atoms with Gasteiger partial charge in [-0.1, -0.05) is 24.3 Å². The number of amides is 1. The number of benzene rings is 2.